The molecule has 0 radical (unpaired) electrons. The summed E-state index contributed by atoms with van der Waals surface area (Å²) in [4.78, 5) is 12.1. The molecule has 1 saturated carbocycles. The van der Waals surface area contributed by atoms with E-state index in [2.05, 4.69) is 5.32 Å². The van der Waals surface area contributed by atoms with Crippen LogP contribution in [0.2, 0.25) is 5.02 Å². The second-order valence-electron chi connectivity index (χ2n) is 5.59. The van der Waals surface area contributed by atoms with Crippen LogP contribution in [0.5, 0.6) is 0 Å². The van der Waals surface area contributed by atoms with Crippen molar-refractivity contribution in [2.75, 3.05) is 11.9 Å². The Labute approximate surface area is 123 Å². The smallest absolute Gasteiger partial charge is 0.225 e. The molecule has 1 fully saturated rings. The molecule has 0 unspecified atom stereocenters. The maximum absolute atomic E-state index is 13.7. The Balaban J connectivity index is 2.03. The van der Waals surface area contributed by atoms with Crippen LogP contribution in [0.4, 0.5) is 10.1 Å². The zero-order valence-electron chi connectivity index (χ0n) is 11.4. The first-order chi connectivity index (χ1) is 9.56. The van der Waals surface area contributed by atoms with E-state index in [1.807, 2.05) is 0 Å². The predicted octanol–water partition coefficient (Wildman–Crippen LogP) is 3.72. The topological polar surface area (TPSA) is 55.1 Å². The minimum atomic E-state index is -0.590. The lowest BCUT2D eigenvalue weighted by Crippen LogP contribution is -2.36. The molecule has 1 aliphatic rings. The van der Waals surface area contributed by atoms with E-state index < -0.39 is 5.82 Å². The van der Waals surface area contributed by atoms with Crippen molar-refractivity contribution in [2.45, 2.75) is 38.5 Å². The Bertz CT molecular complexity index is 487. The van der Waals surface area contributed by atoms with Gasteiger partial charge in [0.25, 0.3) is 0 Å². The lowest BCUT2D eigenvalue weighted by atomic mass is 9.71. The lowest BCUT2D eigenvalue weighted by molar-refractivity contribution is -0.118. The Kier molecular flexibility index (Phi) is 5.00. The number of rotatable bonds is 4. The highest BCUT2D eigenvalue weighted by molar-refractivity contribution is 6.31. The molecule has 0 atom stereocenters. The van der Waals surface area contributed by atoms with Crippen molar-refractivity contribution < 1.29 is 9.18 Å². The molecule has 20 heavy (non-hydrogen) atoms. The normalized spacial score (nSPS) is 17.8. The first kappa shape index (κ1) is 15.3. The number of benzene rings is 1. The number of nitrogens with one attached hydrogen (secondary N) is 1. The van der Waals surface area contributed by atoms with Gasteiger partial charge in [-0.1, -0.05) is 36.9 Å². The van der Waals surface area contributed by atoms with Crippen LogP contribution in [0.25, 0.3) is 0 Å². The van der Waals surface area contributed by atoms with Crippen LogP contribution in [0.15, 0.2) is 18.2 Å². The Hall–Kier alpha value is -1.13. The largest absolute Gasteiger partial charge is 0.330 e. The summed E-state index contributed by atoms with van der Waals surface area (Å²) in [6.45, 7) is 0.498. The molecule has 2 rings (SSSR count). The van der Waals surface area contributed by atoms with E-state index >= 15 is 0 Å². The molecule has 0 saturated heterocycles. The molecular formula is C15H20ClFN2O. The maximum atomic E-state index is 13.7. The van der Waals surface area contributed by atoms with Crippen molar-refractivity contribution in [3.63, 3.8) is 0 Å². The van der Waals surface area contributed by atoms with E-state index in [0.29, 0.717) is 13.0 Å². The van der Waals surface area contributed by atoms with Gasteiger partial charge < -0.3 is 11.1 Å². The third-order valence-electron chi connectivity index (χ3n) is 4.11. The summed E-state index contributed by atoms with van der Waals surface area (Å²) in [7, 11) is 0. The fourth-order valence-corrected chi connectivity index (χ4v) is 3.06. The van der Waals surface area contributed by atoms with Gasteiger partial charge in [-0.3, -0.25) is 4.79 Å². The average molecular weight is 299 g/mol. The zero-order valence-corrected chi connectivity index (χ0v) is 12.2. The van der Waals surface area contributed by atoms with Gasteiger partial charge in [0.1, 0.15) is 0 Å². The third-order valence-corrected chi connectivity index (χ3v) is 4.40. The van der Waals surface area contributed by atoms with Crippen molar-refractivity contribution in [3.05, 3.63) is 29.0 Å². The number of carbonyl (C=O) groups excluding carboxylic acids is 1. The van der Waals surface area contributed by atoms with E-state index in [4.69, 9.17) is 17.3 Å². The quantitative estimate of drug-likeness (QED) is 0.890. The van der Waals surface area contributed by atoms with E-state index in [1.54, 1.807) is 6.07 Å². The van der Waals surface area contributed by atoms with E-state index in [0.717, 1.165) is 25.7 Å². The van der Waals surface area contributed by atoms with Crippen LogP contribution < -0.4 is 11.1 Å². The second kappa shape index (κ2) is 6.55. The van der Waals surface area contributed by atoms with Gasteiger partial charge in [0.05, 0.1) is 10.7 Å². The molecule has 1 aliphatic carbocycles. The summed E-state index contributed by atoms with van der Waals surface area (Å²) in [6, 6.07) is 4.57. The Morgan fingerprint density at radius 3 is 2.70 bits per heavy atom. The summed E-state index contributed by atoms with van der Waals surface area (Å²) in [6.07, 6.45) is 5.69. The van der Waals surface area contributed by atoms with Gasteiger partial charge in [-0.05, 0) is 36.9 Å². The fourth-order valence-electron chi connectivity index (χ4n) is 2.89. The molecule has 5 heteroatoms. The van der Waals surface area contributed by atoms with Gasteiger partial charge in [-0.15, -0.1) is 0 Å². The van der Waals surface area contributed by atoms with Gasteiger partial charge in [0.15, 0.2) is 5.82 Å². The number of hydrogen-bond acceptors (Lipinski definition) is 2. The second-order valence-corrected chi connectivity index (χ2v) is 6.00. The number of nitrogens with two attached hydrogens (primary N) is 1. The van der Waals surface area contributed by atoms with Crippen LogP contribution in [-0.4, -0.2) is 12.5 Å². The van der Waals surface area contributed by atoms with Gasteiger partial charge in [0, 0.05) is 6.42 Å². The van der Waals surface area contributed by atoms with Gasteiger partial charge in [0.2, 0.25) is 5.91 Å². The molecular weight excluding hydrogens is 279 g/mol. The highest BCUT2D eigenvalue weighted by atomic mass is 35.5. The first-order valence-corrected chi connectivity index (χ1v) is 7.38. The standard InChI is InChI=1S/C15H20ClFN2O/c16-11-5-4-6-12(14(11)17)19-13(20)9-15(10-18)7-2-1-3-8-15/h4-6H,1-3,7-10,18H2,(H,19,20). The highest BCUT2D eigenvalue weighted by Gasteiger charge is 2.33. The number of amides is 1. The molecule has 110 valence electrons. The third kappa shape index (κ3) is 3.49. The monoisotopic (exact) mass is 298 g/mol. The maximum Gasteiger partial charge on any atom is 0.225 e. The summed E-state index contributed by atoms with van der Waals surface area (Å²) in [5.41, 5.74) is 5.86. The minimum Gasteiger partial charge on any atom is -0.330 e. The molecule has 0 spiro atoms. The van der Waals surface area contributed by atoms with Crippen LogP contribution in [0.1, 0.15) is 38.5 Å². The van der Waals surface area contributed by atoms with Crippen molar-refractivity contribution in [1.29, 1.82) is 0 Å². The van der Waals surface area contributed by atoms with Gasteiger partial charge in [-0.25, -0.2) is 4.39 Å². The fraction of sp³-hybridized carbons (Fsp3) is 0.533. The summed E-state index contributed by atoms with van der Waals surface area (Å²) in [5, 5.41) is 2.61. The molecule has 1 aromatic rings. The van der Waals surface area contributed by atoms with Crippen LogP contribution in [-0.2, 0) is 4.79 Å². The van der Waals surface area contributed by atoms with E-state index in [9.17, 15) is 9.18 Å². The summed E-state index contributed by atoms with van der Waals surface area (Å²) < 4.78 is 13.7. The SMILES string of the molecule is NCC1(CC(=O)Nc2cccc(Cl)c2F)CCCCC1. The predicted molar refractivity (Wildman–Crippen MR) is 79.2 cm³/mol. The first-order valence-electron chi connectivity index (χ1n) is 7.00. The van der Waals surface area contributed by atoms with Crippen molar-refractivity contribution >= 4 is 23.2 Å². The lowest BCUT2D eigenvalue weighted by Gasteiger charge is -2.35. The number of hydrogen-bond donors (Lipinski definition) is 2. The molecule has 3 N–H and O–H groups in total. The van der Waals surface area contributed by atoms with Crippen LogP contribution in [0.3, 0.4) is 0 Å². The number of anilines is 1. The van der Waals surface area contributed by atoms with Crippen LogP contribution in [0, 0.1) is 11.2 Å². The van der Waals surface area contributed by atoms with Crippen molar-refractivity contribution in [1.82, 2.24) is 0 Å². The molecule has 0 aromatic heterocycles. The molecule has 0 bridgehead atoms. The number of carbonyl (C=O) groups is 1. The molecule has 0 heterocycles. The number of halogens is 2. The Morgan fingerprint density at radius 1 is 1.35 bits per heavy atom. The van der Waals surface area contributed by atoms with E-state index in [1.165, 1.54) is 18.6 Å². The highest BCUT2D eigenvalue weighted by Crippen LogP contribution is 2.38. The van der Waals surface area contributed by atoms with Crippen molar-refractivity contribution in [3.8, 4) is 0 Å². The molecule has 0 aliphatic heterocycles. The van der Waals surface area contributed by atoms with Crippen molar-refractivity contribution in [2.24, 2.45) is 11.1 Å². The summed E-state index contributed by atoms with van der Waals surface area (Å²) >= 11 is 5.70. The zero-order chi connectivity index (χ0) is 14.6. The molecule has 1 aromatic carbocycles. The molecule has 1 amide bonds. The van der Waals surface area contributed by atoms with Gasteiger partial charge in [-0.2, -0.15) is 0 Å². The Morgan fingerprint density at radius 2 is 2.05 bits per heavy atom. The summed E-state index contributed by atoms with van der Waals surface area (Å²) in [5.74, 6) is -0.786. The van der Waals surface area contributed by atoms with Gasteiger partial charge >= 0.3 is 0 Å². The van der Waals surface area contributed by atoms with Crippen LogP contribution >= 0.6 is 11.6 Å². The van der Waals surface area contributed by atoms with E-state index in [-0.39, 0.29) is 22.0 Å². The average Bonchev–Trinajstić information content (AvgIpc) is 2.45. The minimum absolute atomic E-state index is 0.00834. The molecule has 3 nitrogen and oxygen atoms in total.